The van der Waals surface area contributed by atoms with Crippen molar-refractivity contribution in [1.29, 1.82) is 5.41 Å². The van der Waals surface area contributed by atoms with Gasteiger partial charge in [0, 0.05) is 25.0 Å². The van der Waals surface area contributed by atoms with E-state index in [1.165, 1.54) is 18.3 Å². The Morgan fingerprint density at radius 1 is 1.37 bits per heavy atom. The van der Waals surface area contributed by atoms with E-state index in [9.17, 15) is 13.6 Å². The molecule has 0 amide bonds. The number of halogens is 2. The molecule has 0 saturated carbocycles. The van der Waals surface area contributed by atoms with Crippen LogP contribution in [0.2, 0.25) is 0 Å². The number of nitrogens with one attached hydrogen (secondary N) is 2. The van der Waals surface area contributed by atoms with Crippen LogP contribution in [0.15, 0.2) is 30.0 Å². The molecule has 0 aliphatic rings. The fourth-order valence-corrected chi connectivity index (χ4v) is 1.37. The minimum atomic E-state index is -0.668. The van der Waals surface area contributed by atoms with Gasteiger partial charge in [-0.05, 0) is 24.6 Å². The molecule has 0 aliphatic heterocycles. The first-order valence-electron chi connectivity index (χ1n) is 5.63. The Hall–Kier alpha value is -2.24. The highest BCUT2D eigenvalue weighted by molar-refractivity contribution is 6.08. The second-order valence-electron chi connectivity index (χ2n) is 3.62. The Labute approximate surface area is 109 Å². The molecule has 0 fully saturated rings. The van der Waals surface area contributed by atoms with Crippen LogP contribution < -0.4 is 5.32 Å². The molecule has 1 aromatic rings. The predicted molar refractivity (Wildman–Crippen MR) is 66.7 cm³/mol. The van der Waals surface area contributed by atoms with Crippen LogP contribution in [-0.2, 0) is 16.1 Å². The highest BCUT2D eigenvalue weighted by atomic mass is 19.1. The van der Waals surface area contributed by atoms with Crippen molar-refractivity contribution >= 4 is 12.2 Å². The molecule has 0 radical (unpaired) electrons. The lowest BCUT2D eigenvalue weighted by molar-refractivity contribution is -0.137. The SMILES string of the molecule is CCOC(=O)/C(C=N)=C/NCc1cc(F)cc(F)c1. The van der Waals surface area contributed by atoms with Gasteiger partial charge in [-0.3, -0.25) is 0 Å². The molecule has 102 valence electrons. The van der Waals surface area contributed by atoms with Crippen LogP contribution in [0.1, 0.15) is 12.5 Å². The largest absolute Gasteiger partial charge is 0.462 e. The van der Waals surface area contributed by atoms with Crippen LogP contribution in [0.3, 0.4) is 0 Å². The Bertz CT molecular complexity index is 481. The molecule has 0 unspecified atom stereocenters. The monoisotopic (exact) mass is 268 g/mol. The summed E-state index contributed by atoms with van der Waals surface area (Å²) < 4.78 is 30.5. The van der Waals surface area contributed by atoms with Gasteiger partial charge in [0.2, 0.25) is 0 Å². The number of rotatable bonds is 6. The van der Waals surface area contributed by atoms with E-state index in [2.05, 4.69) is 5.32 Å². The van der Waals surface area contributed by atoms with Crippen LogP contribution in [0.5, 0.6) is 0 Å². The van der Waals surface area contributed by atoms with Crippen LogP contribution in [-0.4, -0.2) is 18.8 Å². The number of carbonyl (C=O) groups excluding carboxylic acids is 1. The van der Waals surface area contributed by atoms with Crippen LogP contribution in [0.4, 0.5) is 8.78 Å². The van der Waals surface area contributed by atoms with Crippen molar-refractivity contribution < 1.29 is 18.3 Å². The molecule has 2 N–H and O–H groups in total. The molecule has 1 aromatic carbocycles. The summed E-state index contributed by atoms with van der Waals surface area (Å²) in [6.07, 6.45) is 2.12. The molecule has 0 saturated heterocycles. The van der Waals surface area contributed by atoms with E-state index in [4.69, 9.17) is 10.1 Å². The second-order valence-corrected chi connectivity index (χ2v) is 3.62. The Morgan fingerprint density at radius 3 is 2.53 bits per heavy atom. The van der Waals surface area contributed by atoms with Gasteiger partial charge in [0.25, 0.3) is 0 Å². The van der Waals surface area contributed by atoms with Crippen molar-refractivity contribution in [3.63, 3.8) is 0 Å². The molecule has 0 atom stereocenters. The van der Waals surface area contributed by atoms with Crippen molar-refractivity contribution in [1.82, 2.24) is 5.32 Å². The number of hydrogen-bond donors (Lipinski definition) is 2. The Morgan fingerprint density at radius 2 is 2.00 bits per heavy atom. The molecule has 4 nitrogen and oxygen atoms in total. The molecule has 0 aromatic heterocycles. The fraction of sp³-hybridized carbons (Fsp3) is 0.231. The molecular formula is C13H14F2N2O2. The van der Waals surface area contributed by atoms with Crippen molar-refractivity contribution in [3.05, 3.63) is 47.2 Å². The smallest absolute Gasteiger partial charge is 0.341 e. The molecule has 0 spiro atoms. The van der Waals surface area contributed by atoms with Crippen LogP contribution in [0.25, 0.3) is 0 Å². The van der Waals surface area contributed by atoms with Crippen molar-refractivity contribution in [2.24, 2.45) is 0 Å². The van der Waals surface area contributed by atoms with Gasteiger partial charge in [0.05, 0.1) is 12.2 Å². The minimum Gasteiger partial charge on any atom is -0.462 e. The van der Waals surface area contributed by atoms with Gasteiger partial charge in [-0.2, -0.15) is 0 Å². The van der Waals surface area contributed by atoms with E-state index in [1.54, 1.807) is 6.92 Å². The number of benzene rings is 1. The van der Waals surface area contributed by atoms with Gasteiger partial charge in [-0.15, -0.1) is 0 Å². The fourth-order valence-electron chi connectivity index (χ4n) is 1.37. The van der Waals surface area contributed by atoms with Crippen LogP contribution >= 0.6 is 0 Å². The van der Waals surface area contributed by atoms with E-state index in [0.29, 0.717) is 5.56 Å². The highest BCUT2D eigenvalue weighted by Gasteiger charge is 2.07. The van der Waals surface area contributed by atoms with Crippen molar-refractivity contribution in [3.8, 4) is 0 Å². The zero-order valence-electron chi connectivity index (χ0n) is 10.4. The molecule has 6 heteroatoms. The first-order valence-corrected chi connectivity index (χ1v) is 5.63. The quantitative estimate of drug-likeness (QED) is 0.472. The number of carbonyl (C=O) groups is 1. The Balaban J connectivity index is 2.64. The summed E-state index contributed by atoms with van der Waals surface area (Å²) in [6, 6.07) is 3.14. The summed E-state index contributed by atoms with van der Waals surface area (Å²) in [6.45, 7) is 1.99. The highest BCUT2D eigenvalue weighted by Crippen LogP contribution is 2.07. The van der Waals surface area contributed by atoms with E-state index >= 15 is 0 Å². The third-order valence-corrected chi connectivity index (χ3v) is 2.15. The lowest BCUT2D eigenvalue weighted by atomic mass is 10.2. The average Bonchev–Trinajstić information content (AvgIpc) is 2.33. The maximum absolute atomic E-state index is 12.9. The summed E-state index contributed by atoms with van der Waals surface area (Å²) in [7, 11) is 0. The van der Waals surface area contributed by atoms with E-state index < -0.39 is 17.6 Å². The normalized spacial score (nSPS) is 11.0. The standard InChI is InChI=1S/C13H14F2N2O2/c1-2-19-13(18)10(6-16)8-17-7-9-3-11(14)5-12(15)4-9/h3-6,8,16-17H,2,7H2,1H3/b10-8+,16-6?. The van der Waals surface area contributed by atoms with E-state index in [1.807, 2.05) is 0 Å². The van der Waals surface area contributed by atoms with E-state index in [-0.39, 0.29) is 18.7 Å². The van der Waals surface area contributed by atoms with Crippen molar-refractivity contribution in [2.75, 3.05) is 6.61 Å². The number of hydrogen-bond acceptors (Lipinski definition) is 4. The third-order valence-electron chi connectivity index (χ3n) is 2.15. The maximum Gasteiger partial charge on any atom is 0.341 e. The summed E-state index contributed by atoms with van der Waals surface area (Å²) >= 11 is 0. The van der Waals surface area contributed by atoms with E-state index in [0.717, 1.165) is 12.3 Å². The summed E-state index contributed by atoms with van der Waals surface area (Å²) in [5.41, 5.74) is 0.417. The average molecular weight is 268 g/mol. The summed E-state index contributed by atoms with van der Waals surface area (Å²) in [5, 5.41) is 9.76. The summed E-state index contributed by atoms with van der Waals surface area (Å²) in [4.78, 5) is 11.3. The number of esters is 1. The lowest BCUT2D eigenvalue weighted by Crippen LogP contribution is -2.13. The molecule has 0 aliphatic carbocycles. The molecule has 19 heavy (non-hydrogen) atoms. The van der Waals surface area contributed by atoms with Gasteiger partial charge in [0.15, 0.2) is 0 Å². The first kappa shape index (κ1) is 14.8. The van der Waals surface area contributed by atoms with Gasteiger partial charge in [-0.1, -0.05) is 0 Å². The number of ether oxygens (including phenoxy) is 1. The predicted octanol–water partition coefficient (Wildman–Crippen LogP) is 2.15. The van der Waals surface area contributed by atoms with Gasteiger partial charge >= 0.3 is 5.97 Å². The topological polar surface area (TPSA) is 62.2 Å². The first-order chi connectivity index (χ1) is 9.06. The van der Waals surface area contributed by atoms with Gasteiger partial charge in [-0.25, -0.2) is 13.6 Å². The second kappa shape index (κ2) is 7.25. The van der Waals surface area contributed by atoms with Gasteiger partial charge in [0.1, 0.15) is 11.6 Å². The molecular weight excluding hydrogens is 254 g/mol. The third kappa shape index (κ3) is 4.87. The van der Waals surface area contributed by atoms with Gasteiger partial charge < -0.3 is 15.5 Å². The van der Waals surface area contributed by atoms with Crippen molar-refractivity contribution in [2.45, 2.75) is 13.5 Å². The Kier molecular flexibility index (Phi) is 5.66. The molecule has 0 bridgehead atoms. The zero-order chi connectivity index (χ0) is 14.3. The molecule has 1 rings (SSSR count). The maximum atomic E-state index is 12.9. The zero-order valence-corrected chi connectivity index (χ0v) is 10.4. The summed E-state index contributed by atoms with van der Waals surface area (Å²) in [5.74, 6) is -1.97. The minimum absolute atomic E-state index is 0.0266. The van der Waals surface area contributed by atoms with Crippen LogP contribution in [0, 0.1) is 17.0 Å². The molecule has 0 heterocycles. The lowest BCUT2D eigenvalue weighted by Gasteiger charge is -2.05.